The van der Waals surface area contributed by atoms with Crippen LogP contribution in [-0.4, -0.2) is 11.9 Å². The molecule has 2 bridgehead atoms. The Morgan fingerprint density at radius 3 is 2.70 bits per heavy atom. The molecular formula is C17H20N2O. The Bertz CT molecular complexity index is 520. The molecule has 104 valence electrons. The summed E-state index contributed by atoms with van der Waals surface area (Å²) in [7, 11) is 0. The van der Waals surface area contributed by atoms with Gasteiger partial charge in [0.25, 0.3) is 0 Å². The number of nitrogens with zero attached hydrogens (tertiary/aromatic N) is 1. The second kappa shape index (κ2) is 5.66. The van der Waals surface area contributed by atoms with E-state index in [4.69, 9.17) is 0 Å². The van der Waals surface area contributed by atoms with E-state index in [1.54, 1.807) is 0 Å². The third-order valence-corrected chi connectivity index (χ3v) is 4.82. The number of hydrogen-bond acceptors (Lipinski definition) is 2. The predicted molar refractivity (Wildman–Crippen MR) is 76.6 cm³/mol. The standard InChI is InChI=1S/C17H20N2O/c18-11-15(8-12-4-2-1-3-5-12)17(20)19-16-10-13-6-7-14(16)9-13/h1-5,13-16H,6-10H2,(H,19,20). The van der Waals surface area contributed by atoms with Crippen LogP contribution in [-0.2, 0) is 11.2 Å². The van der Waals surface area contributed by atoms with Gasteiger partial charge in [0, 0.05) is 6.04 Å². The van der Waals surface area contributed by atoms with Crippen molar-refractivity contribution in [2.75, 3.05) is 0 Å². The van der Waals surface area contributed by atoms with E-state index in [9.17, 15) is 10.1 Å². The fourth-order valence-electron chi connectivity index (χ4n) is 3.75. The third-order valence-electron chi connectivity index (χ3n) is 4.82. The molecule has 0 saturated heterocycles. The van der Waals surface area contributed by atoms with Gasteiger partial charge in [-0.25, -0.2) is 0 Å². The summed E-state index contributed by atoms with van der Waals surface area (Å²) in [5.74, 6) is 0.797. The van der Waals surface area contributed by atoms with Gasteiger partial charge in [0.15, 0.2) is 0 Å². The predicted octanol–water partition coefficient (Wildman–Crippen LogP) is 2.67. The maximum absolute atomic E-state index is 12.3. The summed E-state index contributed by atoms with van der Waals surface area (Å²) in [6, 6.07) is 12.2. The second-order valence-electron chi connectivity index (χ2n) is 6.16. The first-order valence-electron chi connectivity index (χ1n) is 7.50. The molecule has 2 aliphatic carbocycles. The average molecular weight is 268 g/mol. The van der Waals surface area contributed by atoms with Crippen LogP contribution in [0.1, 0.15) is 31.2 Å². The van der Waals surface area contributed by atoms with Gasteiger partial charge < -0.3 is 5.32 Å². The summed E-state index contributed by atoms with van der Waals surface area (Å²) in [6.07, 6.45) is 5.44. The summed E-state index contributed by atoms with van der Waals surface area (Å²) in [5.41, 5.74) is 1.04. The number of amides is 1. The molecule has 3 rings (SSSR count). The molecule has 4 atom stereocenters. The summed E-state index contributed by atoms with van der Waals surface area (Å²) >= 11 is 0. The lowest BCUT2D eigenvalue weighted by molar-refractivity contribution is -0.124. The lowest BCUT2D eigenvalue weighted by Gasteiger charge is -2.24. The number of fused-ring (bicyclic) bond motifs is 2. The highest BCUT2D eigenvalue weighted by Gasteiger charge is 2.40. The van der Waals surface area contributed by atoms with Gasteiger partial charge >= 0.3 is 0 Å². The van der Waals surface area contributed by atoms with Crippen molar-refractivity contribution in [2.45, 2.75) is 38.1 Å². The Hall–Kier alpha value is -1.82. The molecule has 2 fully saturated rings. The van der Waals surface area contributed by atoms with Crippen LogP contribution in [0.3, 0.4) is 0 Å². The fourth-order valence-corrected chi connectivity index (χ4v) is 3.75. The SMILES string of the molecule is N#CC(Cc1ccccc1)C(=O)NC1CC2CCC1C2. The molecule has 1 aromatic carbocycles. The summed E-state index contributed by atoms with van der Waals surface area (Å²) in [4.78, 5) is 12.3. The van der Waals surface area contributed by atoms with E-state index in [0.29, 0.717) is 18.4 Å². The van der Waals surface area contributed by atoms with Crippen molar-refractivity contribution in [3.8, 4) is 6.07 Å². The van der Waals surface area contributed by atoms with Gasteiger partial charge in [-0.1, -0.05) is 36.8 Å². The molecular weight excluding hydrogens is 248 g/mol. The highest BCUT2D eigenvalue weighted by atomic mass is 16.1. The number of rotatable bonds is 4. The minimum atomic E-state index is -0.573. The maximum atomic E-state index is 12.3. The van der Waals surface area contributed by atoms with Crippen LogP contribution in [0.4, 0.5) is 0 Å². The van der Waals surface area contributed by atoms with Crippen molar-refractivity contribution in [2.24, 2.45) is 17.8 Å². The van der Waals surface area contributed by atoms with Crippen LogP contribution >= 0.6 is 0 Å². The Kier molecular flexibility index (Phi) is 3.73. The highest BCUT2D eigenvalue weighted by Crippen LogP contribution is 2.44. The van der Waals surface area contributed by atoms with Gasteiger partial charge in [-0.3, -0.25) is 4.79 Å². The molecule has 1 aromatic rings. The normalized spacial score (nSPS) is 28.9. The van der Waals surface area contributed by atoms with E-state index in [1.165, 1.54) is 19.3 Å². The molecule has 0 heterocycles. The van der Waals surface area contributed by atoms with Crippen LogP contribution in [0.25, 0.3) is 0 Å². The van der Waals surface area contributed by atoms with Gasteiger partial charge in [-0.2, -0.15) is 5.26 Å². The van der Waals surface area contributed by atoms with E-state index in [1.807, 2.05) is 30.3 Å². The van der Waals surface area contributed by atoms with Gasteiger partial charge in [0.05, 0.1) is 6.07 Å². The monoisotopic (exact) mass is 268 g/mol. The van der Waals surface area contributed by atoms with Gasteiger partial charge in [0.2, 0.25) is 5.91 Å². The van der Waals surface area contributed by atoms with Crippen LogP contribution in [0, 0.1) is 29.1 Å². The molecule has 4 unspecified atom stereocenters. The average Bonchev–Trinajstić information content (AvgIpc) is 3.08. The van der Waals surface area contributed by atoms with Crippen LogP contribution in [0.2, 0.25) is 0 Å². The number of benzene rings is 1. The maximum Gasteiger partial charge on any atom is 0.237 e. The van der Waals surface area contributed by atoms with Crippen molar-refractivity contribution in [3.05, 3.63) is 35.9 Å². The molecule has 0 aromatic heterocycles. The van der Waals surface area contributed by atoms with Crippen LogP contribution < -0.4 is 5.32 Å². The number of carbonyl (C=O) groups excluding carboxylic acids is 1. The van der Waals surface area contributed by atoms with Crippen molar-refractivity contribution < 1.29 is 4.79 Å². The first-order chi connectivity index (χ1) is 9.76. The van der Waals surface area contributed by atoms with E-state index >= 15 is 0 Å². The largest absolute Gasteiger partial charge is 0.352 e. The summed E-state index contributed by atoms with van der Waals surface area (Å²) in [5, 5.41) is 12.4. The number of hydrogen-bond donors (Lipinski definition) is 1. The number of nitriles is 1. The van der Waals surface area contributed by atoms with Crippen molar-refractivity contribution in [3.63, 3.8) is 0 Å². The Morgan fingerprint density at radius 1 is 1.30 bits per heavy atom. The molecule has 2 aliphatic rings. The Balaban J connectivity index is 1.59. The Labute approximate surface area is 120 Å². The molecule has 1 N–H and O–H groups in total. The van der Waals surface area contributed by atoms with E-state index in [-0.39, 0.29) is 5.91 Å². The van der Waals surface area contributed by atoms with Crippen LogP contribution in [0.15, 0.2) is 30.3 Å². The number of carbonyl (C=O) groups is 1. The Morgan fingerprint density at radius 2 is 2.10 bits per heavy atom. The van der Waals surface area contributed by atoms with E-state index in [0.717, 1.165) is 17.9 Å². The lowest BCUT2D eigenvalue weighted by Crippen LogP contribution is -2.42. The van der Waals surface area contributed by atoms with Gasteiger partial charge in [0.1, 0.15) is 5.92 Å². The number of nitrogens with one attached hydrogen (secondary N) is 1. The smallest absolute Gasteiger partial charge is 0.237 e. The molecule has 0 aliphatic heterocycles. The van der Waals surface area contributed by atoms with Crippen molar-refractivity contribution >= 4 is 5.91 Å². The first kappa shape index (κ1) is 13.2. The van der Waals surface area contributed by atoms with E-state index in [2.05, 4.69) is 11.4 Å². The first-order valence-corrected chi connectivity index (χ1v) is 7.50. The molecule has 0 spiro atoms. The van der Waals surface area contributed by atoms with E-state index < -0.39 is 5.92 Å². The third kappa shape index (κ3) is 2.70. The zero-order valence-corrected chi connectivity index (χ0v) is 11.6. The highest BCUT2D eigenvalue weighted by molar-refractivity contribution is 5.81. The minimum Gasteiger partial charge on any atom is -0.352 e. The fraction of sp³-hybridized carbons (Fsp3) is 0.529. The second-order valence-corrected chi connectivity index (χ2v) is 6.16. The lowest BCUT2D eigenvalue weighted by atomic mass is 9.94. The molecule has 3 nitrogen and oxygen atoms in total. The van der Waals surface area contributed by atoms with Crippen molar-refractivity contribution in [1.82, 2.24) is 5.32 Å². The topological polar surface area (TPSA) is 52.9 Å². The zero-order valence-electron chi connectivity index (χ0n) is 11.6. The molecule has 0 radical (unpaired) electrons. The molecule has 1 amide bonds. The quantitative estimate of drug-likeness (QED) is 0.912. The molecule has 20 heavy (non-hydrogen) atoms. The summed E-state index contributed by atoms with van der Waals surface area (Å²) in [6.45, 7) is 0. The van der Waals surface area contributed by atoms with Gasteiger partial charge in [-0.05, 0) is 43.1 Å². The zero-order chi connectivity index (χ0) is 13.9. The molecule has 2 saturated carbocycles. The molecule has 3 heteroatoms. The summed E-state index contributed by atoms with van der Waals surface area (Å²) < 4.78 is 0. The van der Waals surface area contributed by atoms with Crippen molar-refractivity contribution in [1.29, 1.82) is 5.26 Å². The van der Waals surface area contributed by atoms with Crippen LogP contribution in [0.5, 0.6) is 0 Å². The minimum absolute atomic E-state index is 0.0890. The van der Waals surface area contributed by atoms with Gasteiger partial charge in [-0.15, -0.1) is 0 Å².